The van der Waals surface area contributed by atoms with Gasteiger partial charge in [-0.3, -0.25) is 0 Å². The standard InChI is InChI=1S/C14H22BrNO2S2/c1-11(2)9-16-10-12-4-5-14(13(15)8-12)19-6-7-20(3,17)18/h4-5,8,11,16H,6-7,9-10H2,1-3H3. The fraction of sp³-hybridized carbons (Fsp3) is 0.571. The van der Waals surface area contributed by atoms with Gasteiger partial charge in [0, 0.05) is 27.9 Å². The molecule has 0 bridgehead atoms. The molecule has 1 N–H and O–H groups in total. The van der Waals surface area contributed by atoms with Gasteiger partial charge >= 0.3 is 0 Å². The van der Waals surface area contributed by atoms with Crippen LogP contribution in [0.1, 0.15) is 19.4 Å². The van der Waals surface area contributed by atoms with Crippen molar-refractivity contribution in [3.8, 4) is 0 Å². The normalized spacial score (nSPS) is 12.1. The highest BCUT2D eigenvalue weighted by atomic mass is 79.9. The zero-order valence-electron chi connectivity index (χ0n) is 12.1. The van der Waals surface area contributed by atoms with Gasteiger partial charge in [-0.15, -0.1) is 11.8 Å². The summed E-state index contributed by atoms with van der Waals surface area (Å²) < 4.78 is 23.2. The molecule has 3 nitrogen and oxygen atoms in total. The molecule has 0 unspecified atom stereocenters. The summed E-state index contributed by atoms with van der Waals surface area (Å²) in [5, 5.41) is 3.40. The second-order valence-corrected chi connectivity index (χ2v) is 9.52. The second-order valence-electron chi connectivity index (χ2n) is 5.27. The average molecular weight is 380 g/mol. The molecule has 0 aromatic heterocycles. The van der Waals surface area contributed by atoms with E-state index >= 15 is 0 Å². The summed E-state index contributed by atoms with van der Waals surface area (Å²) in [6, 6.07) is 6.22. The van der Waals surface area contributed by atoms with E-state index in [1.54, 1.807) is 11.8 Å². The molecule has 0 atom stereocenters. The van der Waals surface area contributed by atoms with Gasteiger partial charge in [-0.1, -0.05) is 19.9 Å². The minimum atomic E-state index is -2.88. The van der Waals surface area contributed by atoms with Crippen LogP contribution in [0.5, 0.6) is 0 Å². The fourth-order valence-corrected chi connectivity index (χ4v) is 4.47. The predicted octanol–water partition coefficient (Wildman–Crippen LogP) is 3.33. The lowest BCUT2D eigenvalue weighted by atomic mass is 10.2. The van der Waals surface area contributed by atoms with Gasteiger partial charge in [-0.25, -0.2) is 8.42 Å². The van der Waals surface area contributed by atoms with Crippen LogP contribution < -0.4 is 5.32 Å². The lowest BCUT2D eigenvalue weighted by Crippen LogP contribution is -2.18. The Morgan fingerprint density at radius 3 is 2.60 bits per heavy atom. The average Bonchev–Trinajstić information content (AvgIpc) is 2.30. The zero-order chi connectivity index (χ0) is 15.2. The van der Waals surface area contributed by atoms with Crippen molar-refractivity contribution in [2.45, 2.75) is 25.3 Å². The third-order valence-corrected chi connectivity index (χ3v) is 5.79. The summed E-state index contributed by atoms with van der Waals surface area (Å²) in [6.45, 7) is 6.22. The summed E-state index contributed by atoms with van der Waals surface area (Å²) in [7, 11) is -2.88. The van der Waals surface area contributed by atoms with Gasteiger partial charge in [-0.2, -0.15) is 0 Å². The molecule has 0 heterocycles. The maximum atomic E-state index is 11.1. The maximum Gasteiger partial charge on any atom is 0.148 e. The first-order valence-corrected chi connectivity index (χ1v) is 10.4. The SMILES string of the molecule is CC(C)CNCc1ccc(SCCS(C)(=O)=O)c(Br)c1. The van der Waals surface area contributed by atoms with Gasteiger partial charge < -0.3 is 5.32 Å². The largest absolute Gasteiger partial charge is 0.312 e. The van der Waals surface area contributed by atoms with Crippen molar-refractivity contribution in [3.05, 3.63) is 28.2 Å². The molecule has 0 saturated heterocycles. The molecule has 6 heteroatoms. The smallest absolute Gasteiger partial charge is 0.148 e. The van der Waals surface area contributed by atoms with E-state index in [9.17, 15) is 8.42 Å². The number of sulfone groups is 1. The van der Waals surface area contributed by atoms with Crippen LogP contribution in [-0.2, 0) is 16.4 Å². The Hall–Kier alpha value is -0.0400. The van der Waals surface area contributed by atoms with Crippen molar-refractivity contribution in [2.24, 2.45) is 5.92 Å². The van der Waals surface area contributed by atoms with E-state index in [0.29, 0.717) is 11.7 Å². The van der Waals surface area contributed by atoms with Gasteiger partial charge in [0.15, 0.2) is 0 Å². The molecular formula is C14H22BrNO2S2. The van der Waals surface area contributed by atoms with E-state index in [4.69, 9.17) is 0 Å². The van der Waals surface area contributed by atoms with Crippen molar-refractivity contribution in [2.75, 3.05) is 24.3 Å². The third-order valence-electron chi connectivity index (χ3n) is 2.59. The lowest BCUT2D eigenvalue weighted by Gasteiger charge is -2.09. The fourth-order valence-electron chi connectivity index (χ4n) is 1.58. The Kier molecular flexibility index (Phi) is 7.58. The van der Waals surface area contributed by atoms with Crippen molar-refractivity contribution in [3.63, 3.8) is 0 Å². The summed E-state index contributed by atoms with van der Waals surface area (Å²) in [5.74, 6) is 1.44. The predicted molar refractivity (Wildman–Crippen MR) is 91.1 cm³/mol. The van der Waals surface area contributed by atoms with Gasteiger partial charge in [0.2, 0.25) is 0 Å². The first-order chi connectivity index (χ1) is 9.28. The van der Waals surface area contributed by atoms with Crippen LogP contribution in [0, 0.1) is 5.92 Å². The van der Waals surface area contributed by atoms with Crippen molar-refractivity contribution >= 4 is 37.5 Å². The highest BCUT2D eigenvalue weighted by Crippen LogP contribution is 2.28. The first-order valence-electron chi connectivity index (χ1n) is 6.57. The Morgan fingerprint density at radius 2 is 2.05 bits per heavy atom. The molecule has 0 amide bonds. The van der Waals surface area contributed by atoms with Crippen LogP contribution in [0.3, 0.4) is 0 Å². The number of thioether (sulfide) groups is 1. The highest BCUT2D eigenvalue weighted by molar-refractivity contribution is 9.10. The first kappa shape index (κ1) is 18.0. The molecule has 1 rings (SSSR count). The van der Waals surface area contributed by atoms with Gasteiger partial charge in [0.05, 0.1) is 5.75 Å². The summed E-state index contributed by atoms with van der Waals surface area (Å²) in [4.78, 5) is 1.08. The molecule has 0 aliphatic rings. The Balaban J connectivity index is 2.51. The van der Waals surface area contributed by atoms with E-state index in [1.165, 1.54) is 11.8 Å². The second kappa shape index (κ2) is 8.41. The molecule has 0 aliphatic heterocycles. The Bertz CT molecular complexity index is 530. The molecule has 0 saturated carbocycles. The van der Waals surface area contributed by atoms with Crippen LogP contribution in [0.25, 0.3) is 0 Å². The van der Waals surface area contributed by atoms with Crippen LogP contribution in [0.2, 0.25) is 0 Å². The van der Waals surface area contributed by atoms with Crippen molar-refractivity contribution in [1.82, 2.24) is 5.32 Å². The molecule has 0 radical (unpaired) electrons. The number of rotatable bonds is 8. The van der Waals surface area contributed by atoms with Crippen molar-refractivity contribution in [1.29, 1.82) is 0 Å². The lowest BCUT2D eigenvalue weighted by molar-refractivity contribution is 0.552. The number of hydrogen-bond acceptors (Lipinski definition) is 4. The summed E-state index contributed by atoms with van der Waals surface area (Å²) in [5.41, 5.74) is 1.23. The van der Waals surface area contributed by atoms with Gasteiger partial charge in [-0.05, 0) is 46.1 Å². The minimum Gasteiger partial charge on any atom is -0.312 e. The van der Waals surface area contributed by atoms with E-state index in [0.717, 1.165) is 22.5 Å². The molecule has 20 heavy (non-hydrogen) atoms. The van der Waals surface area contributed by atoms with E-state index < -0.39 is 9.84 Å². The number of hydrogen-bond donors (Lipinski definition) is 1. The molecular weight excluding hydrogens is 358 g/mol. The van der Waals surface area contributed by atoms with Crippen LogP contribution >= 0.6 is 27.7 Å². The quantitative estimate of drug-likeness (QED) is 0.703. The van der Waals surface area contributed by atoms with E-state index in [1.807, 2.05) is 6.07 Å². The maximum absolute atomic E-state index is 11.1. The number of nitrogens with one attached hydrogen (secondary N) is 1. The molecule has 0 aliphatic carbocycles. The number of halogens is 1. The molecule has 114 valence electrons. The monoisotopic (exact) mass is 379 g/mol. The Labute approximate surface area is 135 Å². The summed E-state index contributed by atoms with van der Waals surface area (Å²) in [6.07, 6.45) is 1.27. The third kappa shape index (κ3) is 7.67. The molecule has 1 aromatic rings. The van der Waals surface area contributed by atoms with E-state index in [-0.39, 0.29) is 5.75 Å². The molecule has 1 aromatic carbocycles. The van der Waals surface area contributed by atoms with Crippen LogP contribution in [0.4, 0.5) is 0 Å². The van der Waals surface area contributed by atoms with E-state index in [2.05, 4.69) is 47.2 Å². The molecule has 0 fully saturated rings. The van der Waals surface area contributed by atoms with Gasteiger partial charge in [0.25, 0.3) is 0 Å². The van der Waals surface area contributed by atoms with Crippen molar-refractivity contribution < 1.29 is 8.42 Å². The van der Waals surface area contributed by atoms with Gasteiger partial charge in [0.1, 0.15) is 9.84 Å². The van der Waals surface area contributed by atoms with Crippen LogP contribution in [0.15, 0.2) is 27.6 Å². The minimum absolute atomic E-state index is 0.210. The zero-order valence-corrected chi connectivity index (χ0v) is 15.4. The number of benzene rings is 1. The van der Waals surface area contributed by atoms with Crippen LogP contribution in [-0.4, -0.2) is 32.7 Å². The summed E-state index contributed by atoms with van der Waals surface area (Å²) >= 11 is 5.12. The Morgan fingerprint density at radius 1 is 1.35 bits per heavy atom. The molecule has 0 spiro atoms. The highest BCUT2D eigenvalue weighted by Gasteiger charge is 2.06. The topological polar surface area (TPSA) is 46.2 Å².